The van der Waals surface area contributed by atoms with Gasteiger partial charge in [-0.3, -0.25) is 9.10 Å². The summed E-state index contributed by atoms with van der Waals surface area (Å²) < 4.78 is 30.4. The van der Waals surface area contributed by atoms with Gasteiger partial charge in [-0.15, -0.1) is 0 Å². The number of carbonyl (C=O) groups excluding carboxylic acids is 1. The number of methoxy groups -OCH3 is 1. The van der Waals surface area contributed by atoms with Crippen LogP contribution in [-0.4, -0.2) is 44.7 Å². The topological polar surface area (TPSA) is 140 Å². The van der Waals surface area contributed by atoms with Crippen LogP contribution >= 0.6 is 0 Å². The molecule has 0 aliphatic rings. The molecule has 0 bridgehead atoms. The number of benzene rings is 1. The third-order valence-corrected chi connectivity index (χ3v) is 5.62. The van der Waals surface area contributed by atoms with Crippen molar-refractivity contribution in [3.63, 3.8) is 0 Å². The number of carbonyl (C=O) groups is 1. The van der Waals surface area contributed by atoms with Crippen LogP contribution in [0.2, 0.25) is 0 Å². The van der Waals surface area contributed by atoms with Crippen LogP contribution in [0, 0.1) is 0 Å². The van der Waals surface area contributed by atoms with Crippen LogP contribution in [0.15, 0.2) is 54.9 Å². The van der Waals surface area contributed by atoms with E-state index in [0.717, 1.165) is 10.6 Å². The molecule has 0 spiro atoms. The van der Waals surface area contributed by atoms with Gasteiger partial charge in [-0.25, -0.2) is 18.4 Å². The number of pyridine rings is 2. The molecule has 162 valence electrons. The molecule has 11 heteroatoms. The van der Waals surface area contributed by atoms with Crippen LogP contribution in [0.3, 0.4) is 0 Å². The Labute approximate surface area is 180 Å². The number of para-hydroxylation sites is 2. The number of aromatic nitrogens is 2. The van der Waals surface area contributed by atoms with E-state index in [2.05, 4.69) is 20.6 Å². The van der Waals surface area contributed by atoms with Crippen molar-refractivity contribution in [2.75, 3.05) is 35.4 Å². The summed E-state index contributed by atoms with van der Waals surface area (Å²) in [5.41, 5.74) is 7.45. The maximum absolute atomic E-state index is 12.3. The van der Waals surface area contributed by atoms with Gasteiger partial charge in [0.15, 0.2) is 0 Å². The number of primary amides is 1. The molecule has 0 fully saturated rings. The van der Waals surface area contributed by atoms with Gasteiger partial charge in [-0.05, 0) is 30.3 Å². The summed E-state index contributed by atoms with van der Waals surface area (Å²) in [6.45, 7) is 0. The normalized spacial score (nSPS) is 10.9. The molecule has 0 atom stereocenters. The average Bonchev–Trinajstić information content (AvgIpc) is 2.73. The SMILES string of the molecule is COc1ncccc1Nc1nccc(Nc2ccccc2N(C)S(C)(=O)=O)c1C(N)=O. The second-order valence-corrected chi connectivity index (χ2v) is 8.52. The summed E-state index contributed by atoms with van der Waals surface area (Å²) in [4.78, 5) is 20.6. The maximum Gasteiger partial charge on any atom is 0.254 e. The highest BCUT2D eigenvalue weighted by molar-refractivity contribution is 7.92. The number of nitrogens with zero attached hydrogens (tertiary/aromatic N) is 3. The van der Waals surface area contributed by atoms with E-state index in [-0.39, 0.29) is 11.4 Å². The highest BCUT2D eigenvalue weighted by Gasteiger charge is 2.20. The number of amides is 1. The second-order valence-electron chi connectivity index (χ2n) is 6.50. The quantitative estimate of drug-likeness (QED) is 0.483. The molecule has 0 saturated carbocycles. The summed E-state index contributed by atoms with van der Waals surface area (Å²) in [6.07, 6.45) is 4.16. The lowest BCUT2D eigenvalue weighted by Crippen LogP contribution is -2.25. The maximum atomic E-state index is 12.3. The van der Waals surface area contributed by atoms with E-state index in [9.17, 15) is 13.2 Å². The van der Waals surface area contributed by atoms with Gasteiger partial charge in [-0.2, -0.15) is 0 Å². The molecule has 2 aromatic heterocycles. The van der Waals surface area contributed by atoms with E-state index < -0.39 is 15.9 Å². The first-order chi connectivity index (χ1) is 14.7. The van der Waals surface area contributed by atoms with E-state index in [1.165, 1.54) is 20.4 Å². The summed E-state index contributed by atoms with van der Waals surface area (Å²) in [7, 11) is -0.579. The molecule has 2 heterocycles. The molecule has 0 saturated heterocycles. The highest BCUT2D eigenvalue weighted by Crippen LogP contribution is 2.33. The Hall–Kier alpha value is -3.86. The van der Waals surface area contributed by atoms with Crippen molar-refractivity contribution in [3.8, 4) is 5.88 Å². The molecule has 10 nitrogen and oxygen atoms in total. The fraction of sp³-hybridized carbons (Fsp3) is 0.150. The van der Waals surface area contributed by atoms with Gasteiger partial charge in [0.05, 0.1) is 30.4 Å². The number of sulfonamides is 1. The highest BCUT2D eigenvalue weighted by atomic mass is 32.2. The number of rotatable bonds is 8. The molecular formula is C20H22N6O4S. The molecule has 3 rings (SSSR count). The van der Waals surface area contributed by atoms with Gasteiger partial charge in [0, 0.05) is 19.4 Å². The van der Waals surface area contributed by atoms with Crippen molar-refractivity contribution in [3.05, 3.63) is 60.4 Å². The van der Waals surface area contributed by atoms with Crippen LogP contribution in [0.25, 0.3) is 0 Å². The lowest BCUT2D eigenvalue weighted by atomic mass is 10.1. The molecule has 0 radical (unpaired) electrons. The van der Waals surface area contributed by atoms with Crippen molar-refractivity contribution < 1.29 is 17.9 Å². The van der Waals surface area contributed by atoms with Crippen molar-refractivity contribution in [2.24, 2.45) is 5.73 Å². The zero-order valence-electron chi connectivity index (χ0n) is 17.2. The third kappa shape index (κ3) is 4.83. The lowest BCUT2D eigenvalue weighted by molar-refractivity contribution is 0.100. The Bertz CT molecular complexity index is 1220. The molecule has 0 unspecified atom stereocenters. The summed E-state index contributed by atoms with van der Waals surface area (Å²) in [5.74, 6) is -0.217. The Morgan fingerprint density at radius 3 is 2.39 bits per heavy atom. The molecule has 31 heavy (non-hydrogen) atoms. The van der Waals surface area contributed by atoms with Crippen molar-refractivity contribution in [1.82, 2.24) is 9.97 Å². The van der Waals surface area contributed by atoms with Crippen LogP contribution in [-0.2, 0) is 10.0 Å². The number of nitrogens with one attached hydrogen (secondary N) is 2. The Balaban J connectivity index is 2.05. The van der Waals surface area contributed by atoms with Crippen molar-refractivity contribution in [2.45, 2.75) is 0 Å². The summed E-state index contributed by atoms with van der Waals surface area (Å²) in [5, 5.41) is 6.11. The van der Waals surface area contributed by atoms with Gasteiger partial charge in [-0.1, -0.05) is 12.1 Å². The predicted octanol–water partition coefficient (Wildman–Crippen LogP) is 2.47. The lowest BCUT2D eigenvalue weighted by Gasteiger charge is -2.22. The zero-order chi connectivity index (χ0) is 22.6. The summed E-state index contributed by atoms with van der Waals surface area (Å²) in [6, 6.07) is 11.8. The Morgan fingerprint density at radius 1 is 1.00 bits per heavy atom. The van der Waals surface area contributed by atoms with Gasteiger partial charge >= 0.3 is 0 Å². The Kier molecular flexibility index (Phi) is 6.25. The van der Waals surface area contributed by atoms with E-state index >= 15 is 0 Å². The molecule has 1 amide bonds. The number of ether oxygens (including phenoxy) is 1. The van der Waals surface area contributed by atoms with Gasteiger partial charge in [0.2, 0.25) is 15.9 Å². The Morgan fingerprint density at radius 2 is 1.71 bits per heavy atom. The average molecular weight is 443 g/mol. The van der Waals surface area contributed by atoms with E-state index in [0.29, 0.717) is 28.6 Å². The molecule has 0 aliphatic heterocycles. The van der Waals surface area contributed by atoms with Crippen LogP contribution < -0.4 is 25.4 Å². The van der Waals surface area contributed by atoms with Crippen LogP contribution in [0.4, 0.5) is 28.6 Å². The standard InChI is InChI=1S/C20H22N6O4S/c1-26(31(3,28)29)16-9-5-4-7-13(16)24-14-10-12-22-19(17(14)18(21)27)25-15-8-6-11-23-20(15)30-2/h4-12H,1-3H3,(H2,21,27)(H2,22,24,25). The van der Waals surface area contributed by atoms with Crippen molar-refractivity contribution in [1.29, 1.82) is 0 Å². The first kappa shape index (κ1) is 21.8. The van der Waals surface area contributed by atoms with Crippen LogP contribution in [0.5, 0.6) is 5.88 Å². The summed E-state index contributed by atoms with van der Waals surface area (Å²) >= 11 is 0. The smallest absolute Gasteiger partial charge is 0.254 e. The van der Waals surface area contributed by atoms with E-state index in [4.69, 9.17) is 10.5 Å². The van der Waals surface area contributed by atoms with E-state index in [1.807, 2.05) is 0 Å². The largest absolute Gasteiger partial charge is 0.480 e. The monoisotopic (exact) mass is 442 g/mol. The number of hydrogen-bond donors (Lipinski definition) is 3. The molecule has 0 aliphatic carbocycles. The predicted molar refractivity (Wildman–Crippen MR) is 120 cm³/mol. The molecular weight excluding hydrogens is 420 g/mol. The zero-order valence-corrected chi connectivity index (χ0v) is 18.0. The minimum absolute atomic E-state index is 0.0882. The minimum Gasteiger partial charge on any atom is -0.480 e. The second kappa shape index (κ2) is 8.88. The minimum atomic E-state index is -3.50. The third-order valence-electron chi connectivity index (χ3n) is 4.43. The first-order valence-electron chi connectivity index (χ1n) is 9.07. The first-order valence-corrected chi connectivity index (χ1v) is 10.9. The van der Waals surface area contributed by atoms with Gasteiger partial charge in [0.1, 0.15) is 17.1 Å². The van der Waals surface area contributed by atoms with E-state index in [1.54, 1.807) is 48.7 Å². The molecule has 4 N–H and O–H groups in total. The number of nitrogens with two attached hydrogens (primary N) is 1. The van der Waals surface area contributed by atoms with Gasteiger partial charge in [0.25, 0.3) is 5.91 Å². The van der Waals surface area contributed by atoms with Crippen LogP contribution in [0.1, 0.15) is 10.4 Å². The fourth-order valence-corrected chi connectivity index (χ4v) is 3.38. The fourth-order valence-electron chi connectivity index (χ4n) is 2.86. The van der Waals surface area contributed by atoms with Crippen molar-refractivity contribution >= 4 is 44.5 Å². The van der Waals surface area contributed by atoms with Gasteiger partial charge < -0.3 is 21.1 Å². The number of anilines is 5. The number of hydrogen-bond acceptors (Lipinski definition) is 8. The molecule has 3 aromatic rings. The molecule has 1 aromatic carbocycles.